The summed E-state index contributed by atoms with van der Waals surface area (Å²) in [4.78, 5) is 7.10. The Morgan fingerprint density at radius 3 is 2.74 bits per heavy atom. The van der Waals surface area contributed by atoms with Crippen LogP contribution in [0.5, 0.6) is 0 Å². The van der Waals surface area contributed by atoms with E-state index in [-0.39, 0.29) is 3.23 Å². The van der Waals surface area contributed by atoms with Crippen LogP contribution >= 0.6 is 31.9 Å². The number of hydrogen-bond donors (Lipinski definition) is 0. The van der Waals surface area contributed by atoms with Crippen LogP contribution in [0.2, 0.25) is 0 Å². The van der Waals surface area contributed by atoms with E-state index in [9.17, 15) is 0 Å². The van der Waals surface area contributed by atoms with Gasteiger partial charge in [-0.25, -0.2) is 4.99 Å². The molecule has 1 aromatic rings. The minimum absolute atomic E-state index is 0.161. The number of rotatable bonds is 1. The zero-order valence-electron chi connectivity index (χ0n) is 10.8. The minimum atomic E-state index is -0.161. The van der Waals surface area contributed by atoms with Crippen molar-refractivity contribution in [2.45, 2.75) is 29.0 Å². The second-order valence-electron chi connectivity index (χ2n) is 5.19. The summed E-state index contributed by atoms with van der Waals surface area (Å²) < 4.78 is -0.161. The third kappa shape index (κ3) is 2.52. The Balaban J connectivity index is 1.97. The molecule has 0 aliphatic carbocycles. The van der Waals surface area contributed by atoms with Crippen molar-refractivity contribution in [3.05, 3.63) is 42.1 Å². The van der Waals surface area contributed by atoms with Gasteiger partial charge in [-0.3, -0.25) is 0 Å². The monoisotopic (exact) mass is 382 g/mol. The summed E-state index contributed by atoms with van der Waals surface area (Å²) >= 11 is 7.51. The molecule has 0 N–H and O–H groups in total. The van der Waals surface area contributed by atoms with E-state index in [1.165, 1.54) is 11.1 Å². The lowest BCUT2D eigenvalue weighted by Crippen LogP contribution is -2.52. The Bertz CT molecular complexity index is 534. The zero-order valence-corrected chi connectivity index (χ0v) is 14.0. The lowest BCUT2D eigenvalue weighted by atomic mass is 9.98. The van der Waals surface area contributed by atoms with E-state index in [4.69, 9.17) is 4.99 Å². The average molecular weight is 384 g/mol. The number of halogens is 2. The maximum Gasteiger partial charge on any atom is 0.138 e. The van der Waals surface area contributed by atoms with Crippen LogP contribution in [0.25, 0.3) is 5.57 Å². The first-order chi connectivity index (χ1) is 9.08. The van der Waals surface area contributed by atoms with Crippen LogP contribution in [0, 0.1) is 0 Å². The summed E-state index contributed by atoms with van der Waals surface area (Å²) in [5, 5.41) is 0. The topological polar surface area (TPSA) is 15.6 Å². The van der Waals surface area contributed by atoms with Crippen LogP contribution in [0.3, 0.4) is 0 Å². The number of alkyl halides is 2. The van der Waals surface area contributed by atoms with Crippen molar-refractivity contribution in [2.75, 3.05) is 6.54 Å². The fourth-order valence-electron chi connectivity index (χ4n) is 2.66. The number of benzene rings is 1. The van der Waals surface area contributed by atoms with Gasteiger partial charge in [0, 0.05) is 18.8 Å². The quantitative estimate of drug-likeness (QED) is 0.655. The molecule has 0 saturated carbocycles. The van der Waals surface area contributed by atoms with Crippen molar-refractivity contribution >= 4 is 43.3 Å². The first-order valence-electron chi connectivity index (χ1n) is 6.55. The summed E-state index contributed by atoms with van der Waals surface area (Å²) in [7, 11) is 0. The van der Waals surface area contributed by atoms with E-state index in [1.807, 2.05) is 12.3 Å². The number of nitrogens with zero attached hydrogens (tertiary/aromatic N) is 2. The van der Waals surface area contributed by atoms with E-state index in [0.29, 0.717) is 6.04 Å². The highest BCUT2D eigenvalue weighted by Crippen LogP contribution is 2.42. The molecule has 2 heterocycles. The predicted octanol–water partition coefficient (Wildman–Crippen LogP) is 4.41. The SMILES string of the molecule is CC1CCC(Br)(Br)C2=NC=C(c3ccccc3)CN21. The number of hydrogen-bond acceptors (Lipinski definition) is 2. The van der Waals surface area contributed by atoms with Crippen LogP contribution in [0.4, 0.5) is 0 Å². The Kier molecular flexibility index (Phi) is 3.56. The van der Waals surface area contributed by atoms with Crippen LogP contribution in [0.15, 0.2) is 41.5 Å². The van der Waals surface area contributed by atoms with Gasteiger partial charge in [0.1, 0.15) is 9.07 Å². The van der Waals surface area contributed by atoms with Gasteiger partial charge in [0.2, 0.25) is 0 Å². The molecular formula is C15H16Br2N2. The van der Waals surface area contributed by atoms with Gasteiger partial charge >= 0.3 is 0 Å². The fraction of sp³-hybridized carbons (Fsp3) is 0.400. The smallest absolute Gasteiger partial charge is 0.138 e. The minimum Gasteiger partial charge on any atom is -0.351 e. The molecule has 3 rings (SSSR count). The molecular weight excluding hydrogens is 368 g/mol. The first-order valence-corrected chi connectivity index (χ1v) is 8.14. The Morgan fingerprint density at radius 2 is 2.00 bits per heavy atom. The van der Waals surface area contributed by atoms with Crippen molar-refractivity contribution < 1.29 is 0 Å². The molecule has 0 amide bonds. The fourth-order valence-corrected chi connectivity index (χ4v) is 3.78. The number of aliphatic imine (C=N–C) groups is 1. The number of amidine groups is 1. The molecule has 0 aromatic heterocycles. The van der Waals surface area contributed by atoms with Crippen LogP contribution in [0.1, 0.15) is 25.3 Å². The largest absolute Gasteiger partial charge is 0.351 e. The van der Waals surface area contributed by atoms with Crippen molar-refractivity contribution in [3.8, 4) is 0 Å². The van der Waals surface area contributed by atoms with E-state index < -0.39 is 0 Å². The molecule has 2 aliphatic rings. The predicted molar refractivity (Wildman–Crippen MR) is 87.8 cm³/mol. The highest BCUT2D eigenvalue weighted by atomic mass is 79.9. The standard InChI is InChI=1S/C15H16Br2N2/c1-11-7-8-15(16,17)14-18-9-13(10-19(11)14)12-5-3-2-4-6-12/h2-6,9,11H,7-8,10H2,1H3. The maximum atomic E-state index is 4.70. The molecule has 0 bridgehead atoms. The van der Waals surface area contributed by atoms with E-state index in [0.717, 1.165) is 25.2 Å². The molecule has 2 nitrogen and oxygen atoms in total. The molecule has 0 radical (unpaired) electrons. The van der Waals surface area contributed by atoms with E-state index >= 15 is 0 Å². The molecule has 100 valence electrons. The Labute approximate surface area is 130 Å². The average Bonchev–Trinajstić information content (AvgIpc) is 2.44. The molecule has 2 aliphatic heterocycles. The van der Waals surface area contributed by atoms with Crippen molar-refractivity contribution in [3.63, 3.8) is 0 Å². The van der Waals surface area contributed by atoms with Crippen molar-refractivity contribution in [1.82, 2.24) is 4.90 Å². The third-order valence-corrected chi connectivity index (χ3v) is 5.34. The van der Waals surface area contributed by atoms with Crippen LogP contribution < -0.4 is 0 Å². The number of fused-ring (bicyclic) bond motifs is 1. The van der Waals surface area contributed by atoms with Gasteiger partial charge in [-0.15, -0.1) is 0 Å². The van der Waals surface area contributed by atoms with Crippen molar-refractivity contribution in [1.29, 1.82) is 0 Å². The Hall–Kier alpha value is -0.610. The lowest BCUT2D eigenvalue weighted by molar-refractivity contribution is 0.304. The van der Waals surface area contributed by atoms with Crippen molar-refractivity contribution in [2.24, 2.45) is 4.99 Å². The highest BCUT2D eigenvalue weighted by Gasteiger charge is 2.41. The first kappa shape index (κ1) is 13.4. The molecule has 0 spiro atoms. The maximum absolute atomic E-state index is 4.70. The van der Waals surface area contributed by atoms with Crippen LogP contribution in [-0.4, -0.2) is 26.6 Å². The molecule has 1 fully saturated rings. The van der Waals surface area contributed by atoms with Gasteiger partial charge in [-0.2, -0.15) is 0 Å². The highest BCUT2D eigenvalue weighted by molar-refractivity contribution is 9.25. The molecule has 4 heteroatoms. The Morgan fingerprint density at radius 1 is 1.26 bits per heavy atom. The lowest BCUT2D eigenvalue weighted by Gasteiger charge is -2.44. The summed E-state index contributed by atoms with van der Waals surface area (Å²) in [5.74, 6) is 1.10. The molecule has 19 heavy (non-hydrogen) atoms. The summed E-state index contributed by atoms with van der Waals surface area (Å²) in [6.45, 7) is 3.21. The van der Waals surface area contributed by atoms with Gasteiger partial charge in [0.05, 0.1) is 0 Å². The summed E-state index contributed by atoms with van der Waals surface area (Å²) in [6.07, 6.45) is 4.24. The van der Waals surface area contributed by atoms with Gasteiger partial charge in [0.15, 0.2) is 0 Å². The van der Waals surface area contributed by atoms with Gasteiger partial charge in [0.25, 0.3) is 0 Å². The summed E-state index contributed by atoms with van der Waals surface area (Å²) in [6, 6.07) is 11.0. The van der Waals surface area contributed by atoms with E-state index in [2.05, 4.69) is 67.9 Å². The van der Waals surface area contributed by atoms with E-state index in [1.54, 1.807) is 0 Å². The summed E-state index contributed by atoms with van der Waals surface area (Å²) in [5.41, 5.74) is 2.55. The normalized spacial score (nSPS) is 25.4. The zero-order chi connectivity index (χ0) is 13.5. The molecule has 1 saturated heterocycles. The van der Waals surface area contributed by atoms with Gasteiger partial charge < -0.3 is 4.90 Å². The second-order valence-corrected chi connectivity index (χ2v) is 8.96. The molecule has 1 unspecified atom stereocenters. The molecule has 1 aromatic carbocycles. The molecule has 1 atom stereocenters. The van der Waals surface area contributed by atoms with Gasteiger partial charge in [-0.05, 0) is 30.9 Å². The third-order valence-electron chi connectivity index (χ3n) is 3.84. The van der Waals surface area contributed by atoms with Gasteiger partial charge in [-0.1, -0.05) is 62.2 Å². The number of piperidine rings is 1. The second kappa shape index (κ2) is 5.06. The van der Waals surface area contributed by atoms with Crippen LogP contribution in [-0.2, 0) is 0 Å².